The average Bonchev–Trinajstić information content (AvgIpc) is 2.81. The Labute approximate surface area is 181 Å². The second-order valence-electron chi connectivity index (χ2n) is 9.09. The second-order valence-corrected chi connectivity index (χ2v) is 9.09. The first-order chi connectivity index (χ1) is 14.8. The van der Waals surface area contributed by atoms with E-state index in [0.29, 0.717) is 6.04 Å². The Morgan fingerprint density at radius 1 is 1.10 bits per heavy atom. The highest BCUT2D eigenvalue weighted by molar-refractivity contribution is 5.78. The van der Waals surface area contributed by atoms with Crippen molar-refractivity contribution < 1.29 is 4.79 Å². The van der Waals surface area contributed by atoms with Crippen LogP contribution < -0.4 is 10.6 Å². The average molecular weight is 415 g/mol. The highest BCUT2D eigenvalue weighted by Gasteiger charge is 2.31. The van der Waals surface area contributed by atoms with Gasteiger partial charge in [0, 0.05) is 70.8 Å². The Morgan fingerprint density at radius 2 is 1.93 bits per heavy atom. The van der Waals surface area contributed by atoms with Crippen molar-refractivity contribution in [1.82, 2.24) is 30.3 Å². The van der Waals surface area contributed by atoms with Crippen molar-refractivity contribution in [2.75, 3.05) is 65.4 Å². The molecule has 7 heteroatoms. The largest absolute Gasteiger partial charge is 0.355 e. The van der Waals surface area contributed by atoms with Gasteiger partial charge in [0.1, 0.15) is 0 Å². The number of carbonyl (C=O) groups is 1. The Balaban J connectivity index is 1.17. The number of pyridine rings is 1. The van der Waals surface area contributed by atoms with Gasteiger partial charge < -0.3 is 10.6 Å². The van der Waals surface area contributed by atoms with E-state index < -0.39 is 0 Å². The maximum Gasteiger partial charge on any atom is 0.224 e. The van der Waals surface area contributed by atoms with Gasteiger partial charge in [-0.15, -0.1) is 0 Å². The number of likely N-dealkylation sites (tertiary alicyclic amines) is 2. The van der Waals surface area contributed by atoms with Crippen molar-refractivity contribution >= 4 is 5.91 Å². The Kier molecular flexibility index (Phi) is 8.08. The zero-order valence-electron chi connectivity index (χ0n) is 18.3. The van der Waals surface area contributed by atoms with Crippen molar-refractivity contribution in [3.05, 3.63) is 30.1 Å². The smallest absolute Gasteiger partial charge is 0.224 e. The van der Waals surface area contributed by atoms with Crippen molar-refractivity contribution in [2.45, 2.75) is 38.3 Å². The lowest BCUT2D eigenvalue weighted by molar-refractivity contribution is -0.127. The SMILES string of the molecule is O=C(NCCN1CCNCC1)[C@@H]1CCCN(C2CCN(Cc3cccnc3)CC2)C1. The van der Waals surface area contributed by atoms with Gasteiger partial charge in [0.15, 0.2) is 0 Å². The van der Waals surface area contributed by atoms with Gasteiger partial charge in [-0.2, -0.15) is 0 Å². The molecule has 1 amide bonds. The van der Waals surface area contributed by atoms with Gasteiger partial charge in [-0.05, 0) is 56.9 Å². The van der Waals surface area contributed by atoms with Crippen LogP contribution in [0.1, 0.15) is 31.2 Å². The summed E-state index contributed by atoms with van der Waals surface area (Å²) in [5.74, 6) is 0.430. The molecule has 30 heavy (non-hydrogen) atoms. The highest BCUT2D eigenvalue weighted by Crippen LogP contribution is 2.24. The molecule has 1 aromatic heterocycles. The third-order valence-electron chi connectivity index (χ3n) is 6.96. The van der Waals surface area contributed by atoms with Gasteiger partial charge in [-0.1, -0.05) is 6.07 Å². The summed E-state index contributed by atoms with van der Waals surface area (Å²) in [6.45, 7) is 11.4. The topological polar surface area (TPSA) is 63.7 Å². The van der Waals surface area contributed by atoms with Gasteiger partial charge in [-0.3, -0.25) is 24.5 Å². The predicted molar refractivity (Wildman–Crippen MR) is 119 cm³/mol. The van der Waals surface area contributed by atoms with E-state index in [1.165, 1.54) is 18.4 Å². The molecule has 3 aliphatic rings. The number of nitrogens with zero attached hydrogens (tertiary/aromatic N) is 4. The number of carbonyl (C=O) groups excluding carboxylic acids is 1. The molecular formula is C23H38N6O. The quantitative estimate of drug-likeness (QED) is 0.688. The minimum absolute atomic E-state index is 0.162. The van der Waals surface area contributed by atoms with Crippen LogP contribution in [-0.4, -0.2) is 97.1 Å². The first-order valence-corrected chi connectivity index (χ1v) is 11.8. The Bertz CT molecular complexity index is 642. The Morgan fingerprint density at radius 3 is 2.70 bits per heavy atom. The molecule has 0 unspecified atom stereocenters. The third kappa shape index (κ3) is 6.23. The fourth-order valence-corrected chi connectivity index (χ4v) is 5.16. The van der Waals surface area contributed by atoms with Crippen LogP contribution in [0.25, 0.3) is 0 Å². The molecule has 1 aromatic rings. The van der Waals surface area contributed by atoms with Gasteiger partial charge in [-0.25, -0.2) is 0 Å². The molecule has 0 aromatic carbocycles. The van der Waals surface area contributed by atoms with E-state index in [9.17, 15) is 4.79 Å². The molecule has 1 atom stereocenters. The lowest BCUT2D eigenvalue weighted by Gasteiger charge is -2.42. The van der Waals surface area contributed by atoms with Gasteiger partial charge >= 0.3 is 0 Å². The maximum atomic E-state index is 12.7. The lowest BCUT2D eigenvalue weighted by Crippen LogP contribution is -2.51. The van der Waals surface area contributed by atoms with Crippen LogP contribution in [0.4, 0.5) is 0 Å². The summed E-state index contributed by atoms with van der Waals surface area (Å²) in [5, 5.41) is 6.59. The minimum atomic E-state index is 0.162. The van der Waals surface area contributed by atoms with Crippen molar-refractivity contribution in [3.63, 3.8) is 0 Å². The fourth-order valence-electron chi connectivity index (χ4n) is 5.16. The van der Waals surface area contributed by atoms with Crippen molar-refractivity contribution in [3.8, 4) is 0 Å². The molecule has 3 saturated heterocycles. The molecule has 0 bridgehead atoms. The molecular weight excluding hydrogens is 376 g/mol. The molecule has 2 N–H and O–H groups in total. The maximum absolute atomic E-state index is 12.7. The molecule has 4 heterocycles. The normalized spacial score (nSPS) is 25.3. The summed E-state index contributed by atoms with van der Waals surface area (Å²) in [7, 11) is 0. The number of piperidine rings is 2. The van der Waals surface area contributed by atoms with Crippen LogP contribution in [0.5, 0.6) is 0 Å². The molecule has 3 fully saturated rings. The van der Waals surface area contributed by atoms with E-state index in [-0.39, 0.29) is 11.8 Å². The molecule has 7 nitrogen and oxygen atoms in total. The summed E-state index contributed by atoms with van der Waals surface area (Å²) in [6, 6.07) is 4.81. The number of piperazine rings is 1. The Hall–Kier alpha value is -1.54. The first-order valence-electron chi connectivity index (χ1n) is 11.8. The second kappa shape index (κ2) is 11.2. The first kappa shape index (κ1) is 21.7. The van der Waals surface area contributed by atoms with Crippen LogP contribution in [0, 0.1) is 5.92 Å². The number of rotatable bonds is 7. The fraction of sp³-hybridized carbons (Fsp3) is 0.739. The molecule has 166 valence electrons. The van der Waals surface area contributed by atoms with E-state index in [1.807, 2.05) is 18.5 Å². The number of hydrogen-bond acceptors (Lipinski definition) is 6. The summed E-state index contributed by atoms with van der Waals surface area (Å²) in [5.41, 5.74) is 1.30. The summed E-state index contributed by atoms with van der Waals surface area (Å²) >= 11 is 0. The van der Waals surface area contributed by atoms with Gasteiger partial charge in [0.2, 0.25) is 5.91 Å². The van der Waals surface area contributed by atoms with E-state index in [2.05, 4.69) is 36.4 Å². The zero-order valence-corrected chi connectivity index (χ0v) is 18.3. The van der Waals surface area contributed by atoms with Crippen LogP contribution in [0.3, 0.4) is 0 Å². The molecule has 0 radical (unpaired) electrons. The number of aromatic nitrogens is 1. The molecule has 0 spiro atoms. The molecule has 4 rings (SSSR count). The number of nitrogens with one attached hydrogen (secondary N) is 2. The zero-order chi connectivity index (χ0) is 20.6. The minimum Gasteiger partial charge on any atom is -0.355 e. The highest BCUT2D eigenvalue weighted by atomic mass is 16.1. The van der Waals surface area contributed by atoms with Crippen LogP contribution in [-0.2, 0) is 11.3 Å². The molecule has 3 aliphatic heterocycles. The summed E-state index contributed by atoms with van der Waals surface area (Å²) < 4.78 is 0. The number of hydrogen-bond donors (Lipinski definition) is 2. The van der Waals surface area contributed by atoms with Crippen molar-refractivity contribution in [1.29, 1.82) is 0 Å². The van der Waals surface area contributed by atoms with Crippen LogP contribution in [0.15, 0.2) is 24.5 Å². The predicted octanol–water partition coefficient (Wildman–Crippen LogP) is 0.779. The standard InChI is InChI=1S/C23H38N6O/c30-23(26-10-16-27-14-8-24-9-15-27)21-4-2-11-29(19-21)22-5-12-28(13-6-22)18-20-3-1-7-25-17-20/h1,3,7,17,21-22,24H,2,4-6,8-16,18-19H2,(H,26,30)/t21-/m1/s1. The summed E-state index contributed by atoms with van der Waals surface area (Å²) in [6.07, 6.45) is 8.41. The van der Waals surface area contributed by atoms with E-state index in [4.69, 9.17) is 0 Å². The molecule has 0 saturated carbocycles. The number of amides is 1. The van der Waals surface area contributed by atoms with E-state index in [0.717, 1.165) is 84.8 Å². The van der Waals surface area contributed by atoms with E-state index >= 15 is 0 Å². The molecule has 0 aliphatic carbocycles. The van der Waals surface area contributed by atoms with E-state index in [1.54, 1.807) is 0 Å². The van der Waals surface area contributed by atoms with Gasteiger partial charge in [0.05, 0.1) is 5.92 Å². The van der Waals surface area contributed by atoms with Crippen molar-refractivity contribution in [2.24, 2.45) is 5.92 Å². The van der Waals surface area contributed by atoms with Gasteiger partial charge in [0.25, 0.3) is 0 Å². The monoisotopic (exact) mass is 414 g/mol. The lowest BCUT2D eigenvalue weighted by atomic mass is 9.93. The van der Waals surface area contributed by atoms with Crippen LogP contribution >= 0.6 is 0 Å². The third-order valence-corrected chi connectivity index (χ3v) is 6.96. The summed E-state index contributed by atoms with van der Waals surface area (Å²) in [4.78, 5) is 24.5. The van der Waals surface area contributed by atoms with Crippen LogP contribution in [0.2, 0.25) is 0 Å².